The van der Waals surface area contributed by atoms with Crippen molar-refractivity contribution in [1.29, 1.82) is 0 Å². The molecule has 0 spiro atoms. The second-order valence-corrected chi connectivity index (χ2v) is 7.98. The third-order valence-corrected chi connectivity index (χ3v) is 5.04. The number of hydrogen-bond donors (Lipinski definition) is 2. The lowest BCUT2D eigenvalue weighted by Gasteiger charge is -2.38. The Hall–Kier alpha value is -4.33. The maximum Gasteiger partial charge on any atom is 0.335 e. The topological polar surface area (TPSA) is 105 Å². The quantitative estimate of drug-likeness (QED) is 0.584. The molecule has 2 N–H and O–H groups in total. The van der Waals surface area contributed by atoms with E-state index in [0.717, 1.165) is 0 Å². The number of carbonyl (C=O) groups excluding carboxylic acids is 2. The van der Waals surface area contributed by atoms with E-state index in [9.17, 15) is 19.5 Å². The molecule has 3 aromatic rings. The molecule has 0 bridgehead atoms. The van der Waals surface area contributed by atoms with Gasteiger partial charge in [0.25, 0.3) is 5.91 Å². The molecule has 0 aliphatic carbocycles. The first kappa shape index (κ1) is 21.9. The van der Waals surface area contributed by atoms with Crippen molar-refractivity contribution in [2.24, 2.45) is 0 Å². The smallest absolute Gasteiger partial charge is 0.335 e. The van der Waals surface area contributed by atoms with Crippen molar-refractivity contribution in [1.82, 2.24) is 0 Å². The van der Waals surface area contributed by atoms with Crippen LogP contribution in [0.5, 0.6) is 17.2 Å². The van der Waals surface area contributed by atoms with Gasteiger partial charge >= 0.3 is 5.97 Å². The van der Waals surface area contributed by atoms with Crippen molar-refractivity contribution in [2.75, 3.05) is 16.8 Å². The van der Waals surface area contributed by atoms with Crippen LogP contribution in [0.3, 0.4) is 0 Å². The van der Waals surface area contributed by atoms with E-state index in [1.165, 1.54) is 23.1 Å². The third kappa shape index (κ3) is 4.79. The van der Waals surface area contributed by atoms with Crippen LogP contribution in [-0.2, 0) is 9.59 Å². The number of rotatable bonds is 6. The Bertz CT molecular complexity index is 1210. The summed E-state index contributed by atoms with van der Waals surface area (Å²) in [6, 6.07) is 20.4. The number of fused-ring (bicyclic) bond motifs is 1. The monoisotopic (exact) mass is 446 g/mol. The molecular formula is C25H22N2O6. The molecule has 2 amide bonds. The fourth-order valence-corrected chi connectivity index (χ4v) is 3.43. The van der Waals surface area contributed by atoms with E-state index in [1.54, 1.807) is 38.1 Å². The van der Waals surface area contributed by atoms with Gasteiger partial charge in [-0.25, -0.2) is 4.79 Å². The lowest BCUT2D eigenvalue weighted by molar-refractivity contribution is -0.133. The number of para-hydroxylation sites is 1. The van der Waals surface area contributed by atoms with Gasteiger partial charge < -0.3 is 19.9 Å². The van der Waals surface area contributed by atoms with Gasteiger partial charge in [-0.2, -0.15) is 0 Å². The number of amides is 2. The molecule has 0 radical (unpaired) electrons. The van der Waals surface area contributed by atoms with E-state index in [4.69, 9.17) is 9.47 Å². The molecule has 1 aliphatic heterocycles. The fourth-order valence-electron chi connectivity index (χ4n) is 3.43. The molecule has 3 aromatic carbocycles. The van der Waals surface area contributed by atoms with Crippen LogP contribution in [0.1, 0.15) is 24.2 Å². The largest absolute Gasteiger partial charge is 0.478 e. The normalized spacial score (nSPS) is 14.1. The van der Waals surface area contributed by atoms with Crippen LogP contribution in [0, 0.1) is 0 Å². The van der Waals surface area contributed by atoms with E-state index in [1.807, 2.05) is 30.3 Å². The number of carboxylic acid groups (broad SMARTS) is 1. The van der Waals surface area contributed by atoms with Crippen LogP contribution in [0.15, 0.2) is 72.8 Å². The molecule has 0 atom stereocenters. The van der Waals surface area contributed by atoms with Crippen LogP contribution in [0.4, 0.5) is 11.4 Å². The Morgan fingerprint density at radius 3 is 2.33 bits per heavy atom. The summed E-state index contributed by atoms with van der Waals surface area (Å²) < 4.78 is 11.5. The third-order valence-electron chi connectivity index (χ3n) is 5.04. The second kappa shape index (κ2) is 8.66. The van der Waals surface area contributed by atoms with Gasteiger partial charge in [0, 0.05) is 5.69 Å². The van der Waals surface area contributed by atoms with Gasteiger partial charge in [-0.05, 0) is 68.4 Å². The molecule has 1 aliphatic rings. The predicted octanol–water partition coefficient (Wildman–Crippen LogP) is 4.32. The van der Waals surface area contributed by atoms with E-state index in [0.29, 0.717) is 22.9 Å². The minimum Gasteiger partial charge on any atom is -0.478 e. The number of carboxylic acids is 1. The SMILES string of the molecule is CC1(C)Oc2ccc(C(=O)O)cc2N(CC(=O)Nc2ccc(Oc3ccccc3)cc2)C1=O. The van der Waals surface area contributed by atoms with Crippen LogP contribution in [0.2, 0.25) is 0 Å². The van der Waals surface area contributed by atoms with Crippen LogP contribution in [-0.4, -0.2) is 35.0 Å². The van der Waals surface area contributed by atoms with Crippen molar-refractivity contribution in [3.05, 3.63) is 78.4 Å². The van der Waals surface area contributed by atoms with E-state index >= 15 is 0 Å². The van der Waals surface area contributed by atoms with Crippen LogP contribution >= 0.6 is 0 Å². The Morgan fingerprint density at radius 1 is 1.00 bits per heavy atom. The number of benzene rings is 3. The number of ether oxygens (including phenoxy) is 2. The summed E-state index contributed by atoms with van der Waals surface area (Å²) in [6.45, 7) is 2.89. The zero-order chi connectivity index (χ0) is 23.6. The molecule has 4 rings (SSSR count). The lowest BCUT2D eigenvalue weighted by Crippen LogP contribution is -2.54. The fraction of sp³-hybridized carbons (Fsp3) is 0.160. The molecule has 0 saturated carbocycles. The Labute approximate surface area is 190 Å². The summed E-state index contributed by atoms with van der Waals surface area (Å²) in [5, 5.41) is 12.1. The maximum absolute atomic E-state index is 13.0. The summed E-state index contributed by atoms with van der Waals surface area (Å²) in [5.41, 5.74) is -0.445. The standard InChI is InChI=1S/C25H22N2O6/c1-25(2)24(31)27(20-14-16(23(29)30)8-13-21(20)33-25)15-22(28)26-17-9-11-19(12-10-17)32-18-6-4-3-5-7-18/h3-14H,15H2,1-2H3,(H,26,28)(H,29,30). The molecule has 1 heterocycles. The van der Waals surface area contributed by atoms with Crippen molar-refractivity contribution >= 4 is 29.2 Å². The van der Waals surface area contributed by atoms with Gasteiger partial charge in [0.2, 0.25) is 5.91 Å². The number of aromatic carboxylic acids is 1. The van der Waals surface area contributed by atoms with Gasteiger partial charge in [0.1, 0.15) is 23.8 Å². The Morgan fingerprint density at radius 2 is 1.67 bits per heavy atom. The number of anilines is 2. The highest BCUT2D eigenvalue weighted by molar-refractivity contribution is 6.08. The molecular weight excluding hydrogens is 424 g/mol. The molecule has 0 saturated heterocycles. The highest BCUT2D eigenvalue weighted by atomic mass is 16.5. The lowest BCUT2D eigenvalue weighted by atomic mass is 10.0. The summed E-state index contributed by atoms with van der Waals surface area (Å²) in [6.07, 6.45) is 0. The predicted molar refractivity (Wildman–Crippen MR) is 122 cm³/mol. The van der Waals surface area contributed by atoms with Crippen molar-refractivity contribution in [3.63, 3.8) is 0 Å². The molecule has 0 unspecified atom stereocenters. The molecule has 168 valence electrons. The average molecular weight is 446 g/mol. The number of nitrogens with zero attached hydrogens (tertiary/aromatic N) is 1. The molecule has 33 heavy (non-hydrogen) atoms. The average Bonchev–Trinajstić information content (AvgIpc) is 2.78. The first-order valence-corrected chi connectivity index (χ1v) is 10.2. The maximum atomic E-state index is 13.0. The van der Waals surface area contributed by atoms with E-state index in [-0.39, 0.29) is 17.8 Å². The molecule has 0 fully saturated rings. The van der Waals surface area contributed by atoms with Gasteiger partial charge in [0.05, 0.1) is 11.3 Å². The first-order chi connectivity index (χ1) is 15.7. The van der Waals surface area contributed by atoms with Crippen molar-refractivity contribution in [3.8, 4) is 17.2 Å². The van der Waals surface area contributed by atoms with E-state index in [2.05, 4.69) is 5.32 Å². The van der Waals surface area contributed by atoms with Gasteiger partial charge in [-0.3, -0.25) is 14.5 Å². The zero-order valence-electron chi connectivity index (χ0n) is 18.1. The van der Waals surface area contributed by atoms with Gasteiger partial charge in [-0.15, -0.1) is 0 Å². The summed E-state index contributed by atoms with van der Waals surface area (Å²) in [4.78, 5) is 38.3. The highest BCUT2D eigenvalue weighted by Crippen LogP contribution is 2.38. The second-order valence-electron chi connectivity index (χ2n) is 7.98. The minimum absolute atomic E-state index is 0.00994. The van der Waals surface area contributed by atoms with Gasteiger partial charge in [0.15, 0.2) is 5.60 Å². The molecule has 0 aromatic heterocycles. The summed E-state index contributed by atoms with van der Waals surface area (Å²) >= 11 is 0. The number of carbonyl (C=O) groups is 3. The Kier molecular flexibility index (Phi) is 5.74. The molecule has 8 nitrogen and oxygen atoms in total. The number of hydrogen-bond acceptors (Lipinski definition) is 5. The highest BCUT2D eigenvalue weighted by Gasteiger charge is 2.41. The zero-order valence-corrected chi connectivity index (χ0v) is 18.1. The van der Waals surface area contributed by atoms with Gasteiger partial charge in [-0.1, -0.05) is 18.2 Å². The first-order valence-electron chi connectivity index (χ1n) is 10.2. The summed E-state index contributed by atoms with van der Waals surface area (Å²) in [7, 11) is 0. The van der Waals surface area contributed by atoms with E-state index < -0.39 is 23.4 Å². The van der Waals surface area contributed by atoms with Crippen LogP contribution in [0.25, 0.3) is 0 Å². The number of nitrogens with one attached hydrogen (secondary N) is 1. The van der Waals surface area contributed by atoms with Crippen molar-refractivity contribution in [2.45, 2.75) is 19.4 Å². The van der Waals surface area contributed by atoms with Crippen molar-refractivity contribution < 1.29 is 29.0 Å². The minimum atomic E-state index is -1.20. The Balaban J connectivity index is 1.49. The molecule has 8 heteroatoms. The van der Waals surface area contributed by atoms with Crippen LogP contribution < -0.4 is 19.7 Å². The summed E-state index contributed by atoms with van der Waals surface area (Å²) in [5.74, 6) is -0.387.